The Morgan fingerprint density at radius 3 is 2.36 bits per heavy atom. The Kier molecular flexibility index (Phi) is 4.86. The van der Waals surface area contributed by atoms with Crippen molar-refractivity contribution in [2.24, 2.45) is 0 Å². The van der Waals surface area contributed by atoms with E-state index in [9.17, 15) is 13.2 Å². The molecular formula is C14H6Cl3F3N2. The van der Waals surface area contributed by atoms with E-state index in [0.717, 1.165) is 6.07 Å². The number of aromatic nitrogens is 1. The van der Waals surface area contributed by atoms with Crippen LogP contribution in [0.15, 0.2) is 24.4 Å². The minimum absolute atomic E-state index is 0.0700. The zero-order valence-corrected chi connectivity index (χ0v) is 12.9. The summed E-state index contributed by atoms with van der Waals surface area (Å²) in [5, 5.41) is 9.26. The van der Waals surface area contributed by atoms with E-state index in [1.807, 2.05) is 0 Å². The number of alkyl halides is 3. The van der Waals surface area contributed by atoms with Gasteiger partial charge in [0.25, 0.3) is 0 Å². The van der Waals surface area contributed by atoms with Crippen LogP contribution in [-0.2, 0) is 12.6 Å². The van der Waals surface area contributed by atoms with Crippen LogP contribution in [0.25, 0.3) is 11.3 Å². The van der Waals surface area contributed by atoms with E-state index in [-0.39, 0.29) is 38.3 Å². The molecule has 114 valence electrons. The Labute approximate surface area is 139 Å². The van der Waals surface area contributed by atoms with Crippen molar-refractivity contribution in [1.82, 2.24) is 4.98 Å². The van der Waals surface area contributed by atoms with Gasteiger partial charge in [-0.1, -0.05) is 34.8 Å². The van der Waals surface area contributed by atoms with Crippen molar-refractivity contribution >= 4 is 34.8 Å². The normalized spacial score (nSPS) is 11.3. The average molecular weight is 366 g/mol. The van der Waals surface area contributed by atoms with Gasteiger partial charge in [-0.3, -0.25) is 4.98 Å². The Hall–Kier alpha value is -1.48. The number of benzene rings is 1. The van der Waals surface area contributed by atoms with E-state index in [4.69, 9.17) is 40.1 Å². The number of hydrogen-bond acceptors (Lipinski definition) is 2. The third-order valence-corrected chi connectivity index (χ3v) is 3.96. The first-order valence-corrected chi connectivity index (χ1v) is 6.96. The minimum atomic E-state index is -4.56. The molecule has 1 aromatic carbocycles. The lowest BCUT2D eigenvalue weighted by Crippen LogP contribution is -2.07. The molecule has 22 heavy (non-hydrogen) atoms. The van der Waals surface area contributed by atoms with Gasteiger partial charge in [-0.15, -0.1) is 0 Å². The van der Waals surface area contributed by atoms with Crippen LogP contribution in [0.1, 0.15) is 11.1 Å². The monoisotopic (exact) mass is 364 g/mol. The highest BCUT2D eigenvalue weighted by molar-refractivity contribution is 6.46. The summed E-state index contributed by atoms with van der Waals surface area (Å²) in [4.78, 5) is 3.80. The first-order valence-electron chi connectivity index (χ1n) is 5.82. The average Bonchev–Trinajstić information content (AvgIpc) is 2.44. The van der Waals surface area contributed by atoms with Crippen molar-refractivity contribution < 1.29 is 13.2 Å². The molecule has 0 saturated carbocycles. The van der Waals surface area contributed by atoms with Crippen LogP contribution in [0.3, 0.4) is 0 Å². The molecular weight excluding hydrogens is 360 g/mol. The highest BCUT2D eigenvalue weighted by atomic mass is 35.5. The van der Waals surface area contributed by atoms with Crippen molar-refractivity contribution in [2.45, 2.75) is 12.6 Å². The first-order chi connectivity index (χ1) is 10.3. The van der Waals surface area contributed by atoms with E-state index in [2.05, 4.69) is 4.98 Å². The second-order valence-electron chi connectivity index (χ2n) is 4.28. The summed E-state index contributed by atoms with van der Waals surface area (Å²) in [5.74, 6) is 0. The lowest BCUT2D eigenvalue weighted by atomic mass is 10.0. The van der Waals surface area contributed by atoms with Gasteiger partial charge in [0.05, 0.1) is 38.8 Å². The van der Waals surface area contributed by atoms with Crippen molar-refractivity contribution in [3.05, 3.63) is 50.6 Å². The number of rotatable bonds is 2. The number of hydrogen-bond donors (Lipinski definition) is 0. The lowest BCUT2D eigenvalue weighted by molar-refractivity contribution is -0.137. The van der Waals surface area contributed by atoms with Crippen molar-refractivity contribution in [3.8, 4) is 17.3 Å². The number of halogens is 6. The summed E-state index contributed by atoms with van der Waals surface area (Å²) in [6.45, 7) is 0. The van der Waals surface area contributed by atoms with Gasteiger partial charge in [-0.25, -0.2) is 0 Å². The van der Waals surface area contributed by atoms with E-state index >= 15 is 0 Å². The van der Waals surface area contributed by atoms with Crippen LogP contribution < -0.4 is 0 Å². The van der Waals surface area contributed by atoms with Crippen LogP contribution in [-0.4, -0.2) is 4.98 Å². The molecule has 0 N–H and O–H groups in total. The summed E-state index contributed by atoms with van der Waals surface area (Å²) in [6.07, 6.45) is -4.16. The quantitative estimate of drug-likeness (QED) is 0.631. The smallest absolute Gasteiger partial charge is 0.255 e. The van der Waals surface area contributed by atoms with E-state index in [0.29, 0.717) is 6.20 Å². The van der Waals surface area contributed by atoms with Gasteiger partial charge in [0.15, 0.2) is 0 Å². The zero-order chi connectivity index (χ0) is 16.5. The second kappa shape index (κ2) is 6.33. The van der Waals surface area contributed by atoms with Gasteiger partial charge in [0.2, 0.25) is 0 Å². The first kappa shape index (κ1) is 16.9. The molecule has 0 spiro atoms. The minimum Gasteiger partial charge on any atom is -0.255 e. The molecule has 0 atom stereocenters. The number of nitrogens with zero attached hydrogens (tertiary/aromatic N) is 2. The topological polar surface area (TPSA) is 36.7 Å². The SMILES string of the molecule is N#CCc1cc(C(F)(F)F)cnc1-c1c(Cl)ccc(Cl)c1Cl. The van der Waals surface area contributed by atoms with Crippen LogP contribution in [0, 0.1) is 11.3 Å². The maximum atomic E-state index is 12.8. The predicted molar refractivity (Wildman–Crippen MR) is 79.0 cm³/mol. The maximum Gasteiger partial charge on any atom is 0.417 e. The Morgan fingerprint density at radius 1 is 1.14 bits per heavy atom. The van der Waals surface area contributed by atoms with Crippen LogP contribution >= 0.6 is 34.8 Å². The molecule has 0 aliphatic carbocycles. The lowest BCUT2D eigenvalue weighted by Gasteiger charge is -2.14. The van der Waals surface area contributed by atoms with E-state index in [1.165, 1.54) is 12.1 Å². The Bertz CT molecular complexity index is 767. The molecule has 0 unspecified atom stereocenters. The Morgan fingerprint density at radius 2 is 1.77 bits per heavy atom. The summed E-state index contributed by atoms with van der Waals surface area (Å²) in [6, 6.07) is 5.58. The molecule has 2 aromatic rings. The molecule has 0 fully saturated rings. The van der Waals surface area contributed by atoms with Gasteiger partial charge in [-0.2, -0.15) is 18.4 Å². The fraction of sp³-hybridized carbons (Fsp3) is 0.143. The molecule has 2 rings (SSSR count). The van der Waals surface area contributed by atoms with Gasteiger partial charge in [0.1, 0.15) is 0 Å². The molecule has 0 bridgehead atoms. The Balaban J connectivity index is 2.72. The van der Waals surface area contributed by atoms with Crippen molar-refractivity contribution in [2.75, 3.05) is 0 Å². The maximum absolute atomic E-state index is 12.8. The third kappa shape index (κ3) is 3.30. The molecule has 2 nitrogen and oxygen atoms in total. The van der Waals surface area contributed by atoms with Gasteiger partial charge in [0, 0.05) is 11.8 Å². The molecule has 0 radical (unpaired) electrons. The third-order valence-electron chi connectivity index (χ3n) is 2.84. The molecule has 0 aliphatic rings. The highest BCUT2D eigenvalue weighted by Gasteiger charge is 2.32. The van der Waals surface area contributed by atoms with E-state index < -0.39 is 11.7 Å². The van der Waals surface area contributed by atoms with Crippen LogP contribution in [0.2, 0.25) is 15.1 Å². The van der Waals surface area contributed by atoms with Gasteiger partial charge in [-0.05, 0) is 23.8 Å². The molecule has 0 aliphatic heterocycles. The molecule has 8 heteroatoms. The number of pyridine rings is 1. The predicted octanol–water partition coefficient (Wildman–Crippen LogP) is 5.79. The fourth-order valence-electron chi connectivity index (χ4n) is 1.85. The van der Waals surface area contributed by atoms with E-state index in [1.54, 1.807) is 6.07 Å². The van der Waals surface area contributed by atoms with Crippen LogP contribution in [0.4, 0.5) is 13.2 Å². The fourth-order valence-corrected chi connectivity index (χ4v) is 2.56. The zero-order valence-electron chi connectivity index (χ0n) is 10.7. The highest BCUT2D eigenvalue weighted by Crippen LogP contribution is 2.40. The second-order valence-corrected chi connectivity index (χ2v) is 5.47. The summed E-state index contributed by atoms with van der Waals surface area (Å²) in [5.41, 5.74) is -0.568. The van der Waals surface area contributed by atoms with Gasteiger partial charge < -0.3 is 0 Å². The standard InChI is InChI=1S/C14H6Cl3F3N2/c15-9-1-2-10(16)12(17)11(9)13-7(3-4-21)5-8(6-22-13)14(18,19)20/h1-2,5-6H,3H2. The molecule has 0 amide bonds. The summed E-state index contributed by atoms with van der Waals surface area (Å²) < 4.78 is 38.3. The van der Waals surface area contributed by atoms with Gasteiger partial charge >= 0.3 is 6.18 Å². The molecule has 1 heterocycles. The largest absolute Gasteiger partial charge is 0.417 e. The molecule has 1 aromatic heterocycles. The number of nitriles is 1. The van der Waals surface area contributed by atoms with Crippen LogP contribution in [0.5, 0.6) is 0 Å². The molecule has 0 saturated heterocycles. The van der Waals surface area contributed by atoms with Crippen molar-refractivity contribution in [3.63, 3.8) is 0 Å². The summed E-state index contributed by atoms with van der Waals surface area (Å²) in [7, 11) is 0. The summed E-state index contributed by atoms with van der Waals surface area (Å²) >= 11 is 18.0. The van der Waals surface area contributed by atoms with Crippen molar-refractivity contribution in [1.29, 1.82) is 5.26 Å².